The molecule has 0 unspecified atom stereocenters. The second-order valence-electron chi connectivity index (χ2n) is 4.00. The fraction of sp³-hybridized carbons (Fsp3) is 0. The molecular weight excluding hydrogens is 251 g/mol. The van der Waals surface area contributed by atoms with Gasteiger partial charge in [0.1, 0.15) is 5.82 Å². The van der Waals surface area contributed by atoms with Crippen LogP contribution in [0.15, 0.2) is 42.5 Å². The maximum Gasteiger partial charge on any atom is 0.124 e. The molecule has 0 aliphatic rings. The molecule has 2 aromatic heterocycles. The third kappa shape index (κ3) is 1.27. The number of thiophene rings is 2. The molecule has 0 aliphatic carbocycles. The van der Waals surface area contributed by atoms with Crippen molar-refractivity contribution in [2.45, 2.75) is 0 Å². The van der Waals surface area contributed by atoms with Gasteiger partial charge in [0.2, 0.25) is 0 Å². The average molecular weight is 258 g/mol. The van der Waals surface area contributed by atoms with E-state index in [0.29, 0.717) is 0 Å². The summed E-state index contributed by atoms with van der Waals surface area (Å²) < 4.78 is 18.1. The summed E-state index contributed by atoms with van der Waals surface area (Å²) in [6, 6.07) is 13.4. The van der Waals surface area contributed by atoms with Crippen LogP contribution in [0.25, 0.3) is 29.6 Å². The lowest BCUT2D eigenvalue weighted by Gasteiger charge is -1.89. The standard InChI is InChI=1S/C14H7FS2/c15-8-5-6-10-12(7-8)17-13-9-3-1-2-4-11(9)16-14(10)13/h1-7H. The van der Waals surface area contributed by atoms with Crippen LogP contribution in [-0.2, 0) is 0 Å². The Balaban J connectivity index is 2.29. The molecule has 17 heavy (non-hydrogen) atoms. The van der Waals surface area contributed by atoms with Gasteiger partial charge in [-0.15, -0.1) is 22.7 Å². The van der Waals surface area contributed by atoms with Crippen molar-refractivity contribution in [3.8, 4) is 0 Å². The molecule has 0 atom stereocenters. The van der Waals surface area contributed by atoms with Crippen molar-refractivity contribution >= 4 is 52.2 Å². The Labute approximate surface area is 105 Å². The van der Waals surface area contributed by atoms with E-state index in [0.717, 1.165) is 4.70 Å². The van der Waals surface area contributed by atoms with Crippen LogP contribution >= 0.6 is 22.7 Å². The number of benzene rings is 2. The van der Waals surface area contributed by atoms with E-state index in [4.69, 9.17) is 0 Å². The van der Waals surface area contributed by atoms with Gasteiger partial charge in [0.05, 0.1) is 9.40 Å². The molecule has 0 fully saturated rings. The Morgan fingerprint density at radius 3 is 2.35 bits per heavy atom. The minimum Gasteiger partial charge on any atom is -0.207 e. The molecule has 4 aromatic rings. The van der Waals surface area contributed by atoms with Crippen LogP contribution in [0.3, 0.4) is 0 Å². The number of rotatable bonds is 0. The number of hydrogen-bond donors (Lipinski definition) is 0. The third-order valence-electron chi connectivity index (χ3n) is 2.95. The summed E-state index contributed by atoms with van der Waals surface area (Å²) in [6.07, 6.45) is 0. The van der Waals surface area contributed by atoms with E-state index in [1.54, 1.807) is 34.8 Å². The first-order chi connectivity index (χ1) is 8.33. The molecule has 0 radical (unpaired) electrons. The minimum atomic E-state index is -0.157. The maximum atomic E-state index is 13.2. The van der Waals surface area contributed by atoms with E-state index < -0.39 is 0 Å². The summed E-state index contributed by atoms with van der Waals surface area (Å²) in [4.78, 5) is 0. The first-order valence-corrected chi connectivity index (χ1v) is 6.95. The number of hydrogen-bond acceptors (Lipinski definition) is 2. The van der Waals surface area contributed by atoms with Gasteiger partial charge < -0.3 is 0 Å². The molecule has 0 amide bonds. The van der Waals surface area contributed by atoms with Crippen LogP contribution in [0, 0.1) is 5.82 Å². The van der Waals surface area contributed by atoms with Gasteiger partial charge in [-0.25, -0.2) is 4.39 Å². The van der Waals surface area contributed by atoms with E-state index in [9.17, 15) is 4.39 Å². The zero-order chi connectivity index (χ0) is 11.4. The first-order valence-electron chi connectivity index (χ1n) is 5.32. The highest BCUT2D eigenvalue weighted by molar-refractivity contribution is 7.36. The van der Waals surface area contributed by atoms with Crippen LogP contribution in [0.5, 0.6) is 0 Å². The van der Waals surface area contributed by atoms with E-state index >= 15 is 0 Å². The van der Waals surface area contributed by atoms with Crippen molar-refractivity contribution in [1.82, 2.24) is 0 Å². The van der Waals surface area contributed by atoms with Crippen molar-refractivity contribution in [2.24, 2.45) is 0 Å². The van der Waals surface area contributed by atoms with Crippen molar-refractivity contribution in [3.05, 3.63) is 48.3 Å². The fourth-order valence-electron chi connectivity index (χ4n) is 2.18. The SMILES string of the molecule is Fc1ccc2c(c1)sc1c3ccccc3sc21. The predicted octanol–water partition coefficient (Wildman–Crippen LogP) is 5.41. The summed E-state index contributed by atoms with van der Waals surface area (Å²) in [5.74, 6) is -0.157. The third-order valence-corrected chi connectivity index (χ3v) is 5.47. The molecular formula is C14H7FS2. The Bertz CT molecular complexity index is 854. The normalized spacial score (nSPS) is 11.8. The molecule has 82 valence electrons. The van der Waals surface area contributed by atoms with Crippen LogP contribution in [-0.4, -0.2) is 0 Å². The van der Waals surface area contributed by atoms with Gasteiger partial charge in [-0.05, 0) is 24.3 Å². The molecule has 4 rings (SSSR count). The second-order valence-corrected chi connectivity index (χ2v) is 6.10. The molecule has 3 heteroatoms. The Hall–Kier alpha value is -1.45. The molecule has 2 aromatic carbocycles. The van der Waals surface area contributed by atoms with Crippen molar-refractivity contribution in [2.75, 3.05) is 0 Å². The fourth-order valence-corrected chi connectivity index (χ4v) is 4.86. The van der Waals surface area contributed by atoms with Crippen LogP contribution in [0.1, 0.15) is 0 Å². The van der Waals surface area contributed by atoms with Gasteiger partial charge in [-0.1, -0.05) is 18.2 Å². The molecule has 0 saturated carbocycles. The summed E-state index contributed by atoms with van der Waals surface area (Å²) in [6.45, 7) is 0. The first kappa shape index (κ1) is 9.57. The lowest BCUT2D eigenvalue weighted by Crippen LogP contribution is -1.68. The van der Waals surface area contributed by atoms with Crippen molar-refractivity contribution in [1.29, 1.82) is 0 Å². The summed E-state index contributed by atoms with van der Waals surface area (Å²) >= 11 is 3.47. The highest BCUT2D eigenvalue weighted by Gasteiger charge is 2.11. The maximum absolute atomic E-state index is 13.2. The zero-order valence-electron chi connectivity index (χ0n) is 8.74. The molecule has 0 saturated heterocycles. The molecule has 0 N–H and O–H groups in total. The highest BCUT2D eigenvalue weighted by atomic mass is 32.1. The lowest BCUT2D eigenvalue weighted by molar-refractivity contribution is 0.630. The Morgan fingerprint density at radius 2 is 1.47 bits per heavy atom. The molecule has 0 bridgehead atoms. The Kier molecular flexibility index (Phi) is 1.84. The van der Waals surface area contributed by atoms with Gasteiger partial charge in [0.25, 0.3) is 0 Å². The predicted molar refractivity (Wildman–Crippen MR) is 74.7 cm³/mol. The minimum absolute atomic E-state index is 0.157. The van der Waals surface area contributed by atoms with Crippen molar-refractivity contribution < 1.29 is 4.39 Å². The quantitative estimate of drug-likeness (QED) is 0.395. The largest absolute Gasteiger partial charge is 0.207 e. The summed E-state index contributed by atoms with van der Waals surface area (Å²) in [7, 11) is 0. The van der Waals surface area contributed by atoms with E-state index in [1.165, 1.54) is 24.9 Å². The topological polar surface area (TPSA) is 0 Å². The number of halogens is 1. The monoisotopic (exact) mass is 258 g/mol. The van der Waals surface area contributed by atoms with Crippen LogP contribution in [0.4, 0.5) is 4.39 Å². The molecule has 0 spiro atoms. The highest BCUT2D eigenvalue weighted by Crippen LogP contribution is 2.43. The lowest BCUT2D eigenvalue weighted by atomic mass is 10.2. The second kappa shape index (κ2) is 3.28. The summed E-state index contributed by atoms with van der Waals surface area (Å²) in [5, 5.41) is 2.46. The van der Waals surface area contributed by atoms with Gasteiger partial charge >= 0.3 is 0 Å². The van der Waals surface area contributed by atoms with Gasteiger partial charge in [0, 0.05) is 20.2 Å². The van der Waals surface area contributed by atoms with Gasteiger partial charge in [-0.3, -0.25) is 0 Å². The van der Waals surface area contributed by atoms with E-state index in [2.05, 4.69) is 24.3 Å². The van der Waals surface area contributed by atoms with Gasteiger partial charge in [-0.2, -0.15) is 0 Å². The summed E-state index contributed by atoms with van der Waals surface area (Å²) in [5.41, 5.74) is 0. The van der Waals surface area contributed by atoms with Gasteiger partial charge in [0.15, 0.2) is 0 Å². The zero-order valence-corrected chi connectivity index (χ0v) is 10.4. The Morgan fingerprint density at radius 1 is 0.765 bits per heavy atom. The van der Waals surface area contributed by atoms with Crippen LogP contribution in [0.2, 0.25) is 0 Å². The smallest absolute Gasteiger partial charge is 0.124 e. The molecule has 0 aliphatic heterocycles. The molecule has 0 nitrogen and oxygen atoms in total. The average Bonchev–Trinajstić information content (AvgIpc) is 2.84. The van der Waals surface area contributed by atoms with Crippen molar-refractivity contribution in [3.63, 3.8) is 0 Å². The van der Waals surface area contributed by atoms with E-state index in [1.807, 2.05) is 6.07 Å². The van der Waals surface area contributed by atoms with E-state index in [-0.39, 0.29) is 5.82 Å². The molecule has 2 heterocycles. The van der Waals surface area contributed by atoms with Crippen LogP contribution < -0.4 is 0 Å². The number of fused-ring (bicyclic) bond motifs is 5.